The van der Waals surface area contributed by atoms with Gasteiger partial charge in [0, 0.05) is 11.0 Å². The van der Waals surface area contributed by atoms with E-state index in [0.717, 1.165) is 0 Å². The Bertz CT molecular complexity index is 895. The molecule has 0 atom stereocenters. The van der Waals surface area contributed by atoms with E-state index in [1.807, 2.05) is 0 Å². The van der Waals surface area contributed by atoms with Crippen LogP contribution in [0.15, 0.2) is 51.8 Å². The van der Waals surface area contributed by atoms with Crippen LogP contribution in [0.1, 0.15) is 22.3 Å². The number of carbonyl (C=O) groups is 1. The highest BCUT2D eigenvalue weighted by Crippen LogP contribution is 2.35. The fourth-order valence-corrected chi connectivity index (χ4v) is 5.41. The Hall–Kier alpha value is -1.86. The predicted octanol–water partition coefficient (Wildman–Crippen LogP) is 3.38. The number of sulfonamides is 1. The van der Waals surface area contributed by atoms with Gasteiger partial charge in [0.2, 0.25) is 0 Å². The van der Waals surface area contributed by atoms with E-state index < -0.39 is 16.0 Å². The fraction of sp³-hybridized carbons (Fsp3) is 0.235. The van der Waals surface area contributed by atoms with Crippen molar-refractivity contribution in [3.8, 4) is 0 Å². The van der Waals surface area contributed by atoms with Gasteiger partial charge in [-0.05, 0) is 58.6 Å². The summed E-state index contributed by atoms with van der Waals surface area (Å²) in [6, 6.07) is 11.8. The molecule has 2 aromatic carbocycles. The molecule has 0 fully saturated rings. The Morgan fingerprint density at radius 1 is 1.17 bits per heavy atom. The van der Waals surface area contributed by atoms with Gasteiger partial charge in [0.05, 0.1) is 18.4 Å². The summed E-state index contributed by atoms with van der Waals surface area (Å²) in [5, 5.41) is 0. The summed E-state index contributed by atoms with van der Waals surface area (Å²) in [6.45, 7) is 0.376. The molecule has 0 amide bonds. The predicted molar refractivity (Wildman–Crippen MR) is 94.8 cm³/mol. The Labute approximate surface area is 149 Å². The maximum atomic E-state index is 13.1. The second kappa shape index (κ2) is 6.57. The number of esters is 1. The quantitative estimate of drug-likeness (QED) is 0.728. The van der Waals surface area contributed by atoms with E-state index in [2.05, 4.69) is 15.9 Å². The number of hydrogen-bond donors (Lipinski definition) is 0. The van der Waals surface area contributed by atoms with E-state index in [1.165, 1.54) is 11.4 Å². The highest BCUT2D eigenvalue weighted by atomic mass is 79.9. The summed E-state index contributed by atoms with van der Waals surface area (Å²) in [5.74, 6) is -0.452. The number of carbonyl (C=O) groups excluding carboxylic acids is 1. The lowest BCUT2D eigenvalue weighted by Gasteiger charge is -2.31. The first-order chi connectivity index (χ1) is 11.5. The third-order valence-electron chi connectivity index (χ3n) is 4.02. The van der Waals surface area contributed by atoms with Crippen LogP contribution in [0.25, 0.3) is 0 Å². The lowest BCUT2D eigenvalue weighted by Crippen LogP contribution is -2.36. The highest BCUT2D eigenvalue weighted by molar-refractivity contribution is 9.10. The highest BCUT2D eigenvalue weighted by Gasteiger charge is 2.32. The number of fused-ring (bicyclic) bond motifs is 1. The minimum absolute atomic E-state index is 0.210. The molecule has 0 saturated carbocycles. The van der Waals surface area contributed by atoms with Crippen LogP contribution in [0.4, 0.5) is 5.69 Å². The monoisotopic (exact) mass is 409 g/mol. The van der Waals surface area contributed by atoms with Gasteiger partial charge >= 0.3 is 5.97 Å². The maximum absolute atomic E-state index is 13.1. The molecule has 1 aliphatic rings. The Morgan fingerprint density at radius 2 is 1.92 bits per heavy atom. The van der Waals surface area contributed by atoms with Crippen LogP contribution in [0, 0.1) is 0 Å². The largest absolute Gasteiger partial charge is 0.465 e. The number of anilines is 1. The number of ether oxygens (including phenoxy) is 1. The number of hydrogen-bond acceptors (Lipinski definition) is 4. The van der Waals surface area contributed by atoms with Crippen LogP contribution in [-0.4, -0.2) is 28.0 Å². The molecule has 0 spiro atoms. The summed E-state index contributed by atoms with van der Waals surface area (Å²) in [7, 11) is -2.40. The molecule has 5 nitrogen and oxygen atoms in total. The van der Waals surface area contributed by atoms with Gasteiger partial charge in [0.15, 0.2) is 0 Å². The molecule has 0 aromatic heterocycles. The van der Waals surface area contributed by atoms with Crippen LogP contribution in [-0.2, 0) is 21.2 Å². The van der Waals surface area contributed by atoms with E-state index in [-0.39, 0.29) is 4.90 Å². The summed E-state index contributed by atoms with van der Waals surface area (Å²) in [6.07, 6.45) is 1.28. The molecule has 1 heterocycles. The molecule has 7 heteroatoms. The molecule has 0 saturated heterocycles. The van der Waals surface area contributed by atoms with Gasteiger partial charge in [-0.3, -0.25) is 4.31 Å². The standard InChI is InChI=1S/C17H16BrNO4S/c1-23-17(20)13-6-4-9-15-12(13)7-5-11-19(15)24(21,22)16-10-3-2-8-14(16)18/h2-4,6,8-10H,5,7,11H2,1H3. The van der Waals surface area contributed by atoms with Gasteiger partial charge < -0.3 is 4.74 Å². The van der Waals surface area contributed by atoms with Gasteiger partial charge in [-0.2, -0.15) is 0 Å². The number of halogens is 1. The topological polar surface area (TPSA) is 63.7 Å². The van der Waals surface area contributed by atoms with Crippen molar-refractivity contribution in [1.29, 1.82) is 0 Å². The first-order valence-electron chi connectivity index (χ1n) is 7.44. The van der Waals surface area contributed by atoms with Gasteiger partial charge in [0.1, 0.15) is 4.90 Å². The second-order valence-electron chi connectivity index (χ2n) is 5.41. The third-order valence-corrected chi connectivity index (χ3v) is 6.84. The molecular formula is C17H16BrNO4S. The first-order valence-corrected chi connectivity index (χ1v) is 9.67. The zero-order valence-electron chi connectivity index (χ0n) is 13.0. The number of methoxy groups -OCH3 is 1. The molecule has 1 aliphatic heterocycles. The second-order valence-corrected chi connectivity index (χ2v) is 8.09. The van der Waals surface area contributed by atoms with E-state index in [9.17, 15) is 13.2 Å². The molecule has 2 aromatic rings. The number of nitrogens with zero attached hydrogens (tertiary/aromatic N) is 1. The Morgan fingerprint density at radius 3 is 2.62 bits per heavy atom. The van der Waals surface area contributed by atoms with Crippen molar-refractivity contribution in [2.24, 2.45) is 0 Å². The van der Waals surface area contributed by atoms with Gasteiger partial charge in [-0.25, -0.2) is 13.2 Å². The van der Waals surface area contributed by atoms with Crippen molar-refractivity contribution < 1.29 is 17.9 Å². The van der Waals surface area contributed by atoms with Crippen molar-refractivity contribution in [1.82, 2.24) is 0 Å². The summed E-state index contributed by atoms with van der Waals surface area (Å²) < 4.78 is 32.9. The first kappa shape index (κ1) is 17.0. The van der Waals surface area contributed by atoms with Crippen molar-refractivity contribution in [2.45, 2.75) is 17.7 Å². The molecular weight excluding hydrogens is 394 g/mol. The number of rotatable bonds is 3. The average molecular weight is 410 g/mol. The molecule has 3 rings (SSSR count). The van der Waals surface area contributed by atoms with Crippen molar-refractivity contribution in [2.75, 3.05) is 18.0 Å². The lowest BCUT2D eigenvalue weighted by atomic mass is 9.98. The molecule has 0 bridgehead atoms. The molecule has 0 unspecified atom stereocenters. The Kier molecular flexibility index (Phi) is 4.64. The van der Waals surface area contributed by atoms with Gasteiger partial charge in [-0.1, -0.05) is 18.2 Å². The fourth-order valence-electron chi connectivity index (χ4n) is 2.91. The van der Waals surface area contributed by atoms with Crippen molar-refractivity contribution in [3.05, 3.63) is 58.1 Å². The average Bonchev–Trinajstić information content (AvgIpc) is 2.60. The summed E-state index contributed by atoms with van der Waals surface area (Å²) in [5.41, 5.74) is 1.67. The zero-order valence-corrected chi connectivity index (χ0v) is 15.4. The minimum atomic E-state index is -3.72. The van der Waals surface area contributed by atoms with E-state index >= 15 is 0 Å². The lowest BCUT2D eigenvalue weighted by molar-refractivity contribution is 0.0599. The maximum Gasteiger partial charge on any atom is 0.338 e. The summed E-state index contributed by atoms with van der Waals surface area (Å²) >= 11 is 3.31. The van der Waals surface area contributed by atoms with Crippen LogP contribution >= 0.6 is 15.9 Å². The van der Waals surface area contributed by atoms with Crippen LogP contribution in [0.2, 0.25) is 0 Å². The van der Waals surface area contributed by atoms with E-state index in [0.29, 0.717) is 40.7 Å². The molecule has 126 valence electrons. The molecule has 24 heavy (non-hydrogen) atoms. The van der Waals surface area contributed by atoms with Crippen molar-refractivity contribution >= 4 is 37.6 Å². The molecule has 0 N–H and O–H groups in total. The molecule has 0 radical (unpaired) electrons. The van der Waals surface area contributed by atoms with Crippen molar-refractivity contribution in [3.63, 3.8) is 0 Å². The van der Waals surface area contributed by atoms with Crippen LogP contribution in [0.3, 0.4) is 0 Å². The Balaban J connectivity index is 2.14. The van der Waals surface area contributed by atoms with Gasteiger partial charge in [0.25, 0.3) is 10.0 Å². The van der Waals surface area contributed by atoms with E-state index in [1.54, 1.807) is 42.5 Å². The number of benzene rings is 2. The zero-order chi connectivity index (χ0) is 17.3. The van der Waals surface area contributed by atoms with E-state index in [4.69, 9.17) is 4.74 Å². The van der Waals surface area contributed by atoms with Gasteiger partial charge in [-0.15, -0.1) is 0 Å². The smallest absolute Gasteiger partial charge is 0.338 e. The summed E-state index contributed by atoms with van der Waals surface area (Å²) in [4.78, 5) is 12.2. The van der Waals surface area contributed by atoms with Crippen LogP contribution in [0.5, 0.6) is 0 Å². The third kappa shape index (κ3) is 2.82. The normalized spacial score (nSPS) is 14.2. The SMILES string of the molecule is COC(=O)c1cccc2c1CCCN2S(=O)(=O)c1ccccc1Br. The van der Waals surface area contributed by atoms with Crippen LogP contribution < -0.4 is 4.31 Å². The molecule has 0 aliphatic carbocycles. The minimum Gasteiger partial charge on any atom is -0.465 e.